The van der Waals surface area contributed by atoms with Crippen LogP contribution in [0, 0.1) is 18.3 Å². The van der Waals surface area contributed by atoms with E-state index in [0.29, 0.717) is 56.1 Å². The summed E-state index contributed by atoms with van der Waals surface area (Å²) in [4.78, 5) is 32.2. The molecule has 0 aromatic carbocycles. The minimum absolute atomic E-state index is 0.0511. The van der Waals surface area contributed by atoms with Crippen molar-refractivity contribution in [1.82, 2.24) is 20.1 Å². The first-order chi connectivity index (χ1) is 15.0. The smallest absolute Gasteiger partial charge is 0.270 e. The number of piperazine rings is 1. The van der Waals surface area contributed by atoms with E-state index in [9.17, 15) is 9.59 Å². The van der Waals surface area contributed by atoms with Crippen LogP contribution in [0.1, 0.15) is 24.5 Å². The molecule has 3 rings (SSSR count). The largest absolute Gasteiger partial charge is 0.489 e. The molecule has 2 aromatic heterocycles. The zero-order chi connectivity index (χ0) is 22.2. The third-order valence-electron chi connectivity index (χ3n) is 5.08. The Labute approximate surface area is 180 Å². The van der Waals surface area contributed by atoms with Crippen LogP contribution >= 0.6 is 0 Å². The number of hydrogen-bond donors (Lipinski definition) is 1. The fourth-order valence-corrected chi connectivity index (χ4v) is 3.17. The van der Waals surface area contributed by atoms with Gasteiger partial charge in [0.1, 0.15) is 24.2 Å². The van der Waals surface area contributed by atoms with Gasteiger partial charge in [0.15, 0.2) is 0 Å². The Balaban J connectivity index is 1.36. The molecule has 10 heteroatoms. The number of pyridine rings is 1. The van der Waals surface area contributed by atoms with Gasteiger partial charge in [0, 0.05) is 32.4 Å². The molecule has 1 N–H and O–H groups in total. The SMILES string of the molecule is Cc1c(OC[C@H](C)OCCC(=O)N2CCN(c3ccc(C#N)cn3)CC2)cn[nH]c1=O. The zero-order valence-electron chi connectivity index (χ0n) is 17.7. The minimum atomic E-state index is -0.285. The molecule has 0 saturated carbocycles. The quantitative estimate of drug-likeness (QED) is 0.659. The Hall–Kier alpha value is -3.45. The highest BCUT2D eigenvalue weighted by Gasteiger charge is 2.22. The number of H-pyrrole nitrogens is 1. The highest BCUT2D eigenvalue weighted by molar-refractivity contribution is 5.76. The number of nitriles is 1. The van der Waals surface area contributed by atoms with Crippen LogP contribution in [0.3, 0.4) is 0 Å². The second-order valence-electron chi connectivity index (χ2n) is 7.32. The van der Waals surface area contributed by atoms with E-state index in [-0.39, 0.29) is 24.2 Å². The Bertz CT molecular complexity index is 977. The average molecular weight is 426 g/mol. The van der Waals surface area contributed by atoms with Crippen LogP contribution in [-0.2, 0) is 9.53 Å². The summed E-state index contributed by atoms with van der Waals surface area (Å²) in [6.45, 7) is 6.70. The Morgan fingerprint density at radius 1 is 1.29 bits per heavy atom. The fourth-order valence-electron chi connectivity index (χ4n) is 3.17. The van der Waals surface area contributed by atoms with E-state index in [4.69, 9.17) is 14.7 Å². The molecule has 2 aromatic rings. The molecule has 10 nitrogen and oxygen atoms in total. The van der Waals surface area contributed by atoms with Gasteiger partial charge in [-0.2, -0.15) is 10.4 Å². The van der Waals surface area contributed by atoms with E-state index in [1.54, 1.807) is 19.2 Å². The number of aromatic nitrogens is 3. The first-order valence-corrected chi connectivity index (χ1v) is 10.2. The van der Waals surface area contributed by atoms with Crippen molar-refractivity contribution < 1.29 is 14.3 Å². The van der Waals surface area contributed by atoms with E-state index in [0.717, 1.165) is 5.82 Å². The molecular weight excluding hydrogens is 400 g/mol. The van der Waals surface area contributed by atoms with Crippen molar-refractivity contribution in [2.75, 3.05) is 44.3 Å². The number of rotatable bonds is 8. The maximum atomic E-state index is 12.5. The Morgan fingerprint density at radius 2 is 2.06 bits per heavy atom. The highest BCUT2D eigenvalue weighted by atomic mass is 16.5. The third-order valence-corrected chi connectivity index (χ3v) is 5.08. The predicted molar refractivity (Wildman–Crippen MR) is 113 cm³/mol. The summed E-state index contributed by atoms with van der Waals surface area (Å²) in [6, 6.07) is 5.63. The molecule has 0 unspecified atom stereocenters. The van der Waals surface area contributed by atoms with Crippen molar-refractivity contribution in [1.29, 1.82) is 5.26 Å². The average Bonchev–Trinajstić information content (AvgIpc) is 2.80. The molecule has 1 aliphatic heterocycles. The summed E-state index contributed by atoms with van der Waals surface area (Å²) in [5, 5.41) is 14.9. The molecule has 1 atom stereocenters. The second-order valence-corrected chi connectivity index (χ2v) is 7.32. The second kappa shape index (κ2) is 10.5. The Morgan fingerprint density at radius 3 is 2.74 bits per heavy atom. The van der Waals surface area contributed by atoms with Crippen molar-refractivity contribution >= 4 is 11.7 Å². The normalized spacial score (nSPS) is 14.7. The molecule has 0 bridgehead atoms. The van der Waals surface area contributed by atoms with E-state index >= 15 is 0 Å². The first-order valence-electron chi connectivity index (χ1n) is 10.2. The van der Waals surface area contributed by atoms with E-state index in [1.807, 2.05) is 17.9 Å². The van der Waals surface area contributed by atoms with Crippen molar-refractivity contribution in [3.63, 3.8) is 0 Å². The van der Waals surface area contributed by atoms with Crippen LogP contribution in [-0.4, -0.2) is 71.5 Å². The van der Waals surface area contributed by atoms with E-state index in [1.165, 1.54) is 6.20 Å². The van der Waals surface area contributed by atoms with Crippen molar-refractivity contribution in [2.24, 2.45) is 0 Å². The van der Waals surface area contributed by atoms with Gasteiger partial charge in [-0.15, -0.1) is 0 Å². The summed E-state index contributed by atoms with van der Waals surface area (Å²) in [5.41, 5.74) is 0.709. The molecule has 31 heavy (non-hydrogen) atoms. The molecular formula is C21H26N6O4. The summed E-state index contributed by atoms with van der Waals surface area (Å²) < 4.78 is 11.3. The monoisotopic (exact) mass is 426 g/mol. The molecule has 1 amide bonds. The van der Waals surface area contributed by atoms with Crippen molar-refractivity contribution in [3.8, 4) is 11.8 Å². The molecule has 1 fully saturated rings. The predicted octanol–water partition coefficient (Wildman–Crippen LogP) is 0.868. The maximum Gasteiger partial charge on any atom is 0.270 e. The first kappa shape index (κ1) is 22.2. The molecule has 1 aliphatic rings. The van der Waals surface area contributed by atoms with Gasteiger partial charge in [-0.05, 0) is 26.0 Å². The molecule has 0 spiro atoms. The van der Waals surface area contributed by atoms with Gasteiger partial charge in [0.2, 0.25) is 5.91 Å². The number of ether oxygens (including phenoxy) is 2. The number of hydrogen-bond acceptors (Lipinski definition) is 8. The molecule has 1 saturated heterocycles. The molecule has 3 heterocycles. The molecule has 0 aliphatic carbocycles. The summed E-state index contributed by atoms with van der Waals surface area (Å²) in [7, 11) is 0. The third kappa shape index (κ3) is 6.02. The van der Waals surface area contributed by atoms with Crippen LogP contribution in [0.15, 0.2) is 29.3 Å². The van der Waals surface area contributed by atoms with E-state index in [2.05, 4.69) is 26.2 Å². The highest BCUT2D eigenvalue weighted by Crippen LogP contribution is 2.15. The zero-order valence-corrected chi connectivity index (χ0v) is 17.7. The number of anilines is 1. The number of amides is 1. The van der Waals surface area contributed by atoms with Crippen LogP contribution in [0.5, 0.6) is 5.75 Å². The number of carbonyl (C=O) groups excluding carboxylic acids is 1. The Kier molecular flexibility index (Phi) is 7.56. The van der Waals surface area contributed by atoms with Gasteiger partial charge in [-0.25, -0.2) is 10.1 Å². The van der Waals surface area contributed by atoms with Crippen molar-refractivity contribution in [3.05, 3.63) is 46.0 Å². The van der Waals surface area contributed by atoms with Crippen molar-refractivity contribution in [2.45, 2.75) is 26.4 Å². The minimum Gasteiger partial charge on any atom is -0.489 e. The van der Waals surface area contributed by atoms with Crippen LogP contribution in [0.2, 0.25) is 0 Å². The summed E-state index contributed by atoms with van der Waals surface area (Å²) >= 11 is 0. The van der Waals surface area contributed by atoms with Crippen LogP contribution < -0.4 is 15.2 Å². The van der Waals surface area contributed by atoms with Crippen LogP contribution in [0.25, 0.3) is 0 Å². The number of nitrogens with zero attached hydrogens (tertiary/aromatic N) is 5. The number of nitrogens with one attached hydrogen (secondary N) is 1. The lowest BCUT2D eigenvalue weighted by Gasteiger charge is -2.35. The molecule has 0 radical (unpaired) electrons. The lowest BCUT2D eigenvalue weighted by atomic mass is 10.2. The number of carbonyl (C=O) groups is 1. The van der Waals surface area contributed by atoms with Crippen LogP contribution in [0.4, 0.5) is 5.82 Å². The molecule has 164 valence electrons. The summed E-state index contributed by atoms with van der Waals surface area (Å²) in [5.74, 6) is 1.29. The fraction of sp³-hybridized carbons (Fsp3) is 0.476. The van der Waals surface area contributed by atoms with E-state index < -0.39 is 0 Å². The lowest BCUT2D eigenvalue weighted by Crippen LogP contribution is -2.49. The van der Waals surface area contributed by atoms with Gasteiger partial charge in [0.25, 0.3) is 5.56 Å². The van der Waals surface area contributed by atoms with Gasteiger partial charge in [-0.1, -0.05) is 0 Å². The topological polar surface area (TPSA) is 124 Å². The standard InChI is InChI=1S/C21H26N6O4/c1-15(14-31-18-13-24-25-21(29)16(18)2)30-10-5-20(28)27-8-6-26(7-9-27)19-4-3-17(11-22)12-23-19/h3-4,12-13,15H,5-10,14H2,1-2H3,(H,25,29)/t15-/m0/s1. The summed E-state index contributed by atoms with van der Waals surface area (Å²) in [6.07, 6.45) is 3.08. The number of aromatic amines is 1. The van der Waals surface area contributed by atoms with Gasteiger partial charge in [0.05, 0.1) is 36.5 Å². The lowest BCUT2D eigenvalue weighted by molar-refractivity contribution is -0.133. The van der Waals surface area contributed by atoms with Gasteiger partial charge >= 0.3 is 0 Å². The van der Waals surface area contributed by atoms with Gasteiger partial charge in [-0.3, -0.25) is 9.59 Å². The van der Waals surface area contributed by atoms with Gasteiger partial charge < -0.3 is 19.3 Å². The maximum absolute atomic E-state index is 12.5.